The first kappa shape index (κ1) is 51.0. The van der Waals surface area contributed by atoms with Gasteiger partial charge in [0.2, 0.25) is 31.1 Å². The predicted octanol–water partition coefficient (Wildman–Crippen LogP) is 9.71. The third kappa shape index (κ3) is 17.8. The summed E-state index contributed by atoms with van der Waals surface area (Å²) in [5.41, 5.74) is 6.08. The number of rotatable bonds is 23. The Balaban J connectivity index is 1.15. The smallest absolute Gasteiger partial charge is 0.497 e. The molecule has 0 spiro atoms. The number of nitrogens with zero attached hydrogens (tertiary/aromatic N) is 7. The van der Waals surface area contributed by atoms with Crippen LogP contribution in [-0.4, -0.2) is 125 Å². The lowest BCUT2D eigenvalue weighted by atomic mass is 9.94. The van der Waals surface area contributed by atoms with E-state index in [1.807, 2.05) is 91.7 Å². The molecule has 3 aromatic carbocycles. The fourth-order valence-electron chi connectivity index (χ4n) is 5.72. The maximum absolute atomic E-state index is 12.7. The van der Waals surface area contributed by atoms with E-state index in [9.17, 15) is 9.13 Å². The monoisotopic (exact) mass is 984 g/mol. The van der Waals surface area contributed by atoms with E-state index in [-0.39, 0.29) is 6.10 Å². The highest BCUT2D eigenvalue weighted by Gasteiger charge is 2.35. The SMILES string of the molecule is COc1ccc(/C=N\N(C)P(S)OC2C=CC(CNN(C)[P+](=S)Oc3ccc(/C=N\N(C)[P+](=S)Oc4ccc(/C=N\N(C)CC(P(C)(C)=O)P(C)(C)=O)cc4)cc3)CC2)cc1. The van der Waals surface area contributed by atoms with Gasteiger partial charge in [-0.25, -0.2) is 10.2 Å². The van der Waals surface area contributed by atoms with Crippen LogP contribution >= 0.6 is 48.2 Å². The van der Waals surface area contributed by atoms with E-state index in [2.05, 4.69) is 45.1 Å². The highest BCUT2D eigenvalue weighted by molar-refractivity contribution is 8.42. The highest BCUT2D eigenvalue weighted by Crippen LogP contribution is 2.61. The molecule has 3 aromatic rings. The molecule has 0 heterocycles. The highest BCUT2D eigenvalue weighted by atomic mass is 32.7. The van der Waals surface area contributed by atoms with Gasteiger partial charge in [-0.15, -0.1) is 5.10 Å². The van der Waals surface area contributed by atoms with Gasteiger partial charge >= 0.3 is 14.1 Å². The molecule has 1 N–H and O–H groups in total. The summed E-state index contributed by atoms with van der Waals surface area (Å²) in [5.74, 6) is 2.41. The molecule has 0 fully saturated rings. The minimum absolute atomic E-state index is 0.0206. The van der Waals surface area contributed by atoms with Gasteiger partial charge in [0.05, 0.1) is 72.2 Å². The summed E-state index contributed by atoms with van der Waals surface area (Å²) in [7, 11) is -0.174. The number of methoxy groups -OCH3 is 1. The molecule has 1 aliphatic carbocycles. The van der Waals surface area contributed by atoms with Gasteiger partial charge in [-0.2, -0.15) is 10.2 Å². The lowest BCUT2D eigenvalue weighted by Gasteiger charge is -2.28. The van der Waals surface area contributed by atoms with Crippen LogP contribution in [0.4, 0.5) is 0 Å². The zero-order valence-electron chi connectivity index (χ0n) is 36.0. The van der Waals surface area contributed by atoms with Gasteiger partial charge in [0, 0.05) is 20.6 Å². The van der Waals surface area contributed by atoms with Crippen molar-refractivity contribution in [3.05, 3.63) is 102 Å². The minimum atomic E-state index is -2.56. The number of hydrogen-bond donors (Lipinski definition) is 2. The van der Waals surface area contributed by atoms with E-state index in [1.54, 1.807) is 81.1 Å². The molecule has 0 aromatic heterocycles. The van der Waals surface area contributed by atoms with Crippen LogP contribution in [0.1, 0.15) is 29.5 Å². The summed E-state index contributed by atoms with van der Waals surface area (Å²) in [6, 6.07) is 22.6. The molecule has 22 heteroatoms. The van der Waals surface area contributed by atoms with Crippen LogP contribution in [0, 0.1) is 5.92 Å². The maximum atomic E-state index is 12.7. The van der Waals surface area contributed by atoms with Crippen LogP contribution in [0.25, 0.3) is 0 Å². The normalized spacial score (nSPS) is 17.0. The molecule has 330 valence electrons. The number of hydrazone groups is 3. The second-order valence-corrected chi connectivity index (χ2v) is 29.1. The van der Waals surface area contributed by atoms with Crippen LogP contribution in [0.3, 0.4) is 0 Å². The Kier molecular flexibility index (Phi) is 20.4. The van der Waals surface area contributed by atoms with Crippen LogP contribution in [0.5, 0.6) is 17.2 Å². The molecule has 0 amide bonds. The Morgan fingerprint density at radius 1 is 0.770 bits per heavy atom. The lowest BCUT2D eigenvalue weighted by Crippen LogP contribution is -2.34. The molecule has 61 heavy (non-hydrogen) atoms. The van der Waals surface area contributed by atoms with Crippen molar-refractivity contribution in [2.24, 2.45) is 21.2 Å². The van der Waals surface area contributed by atoms with Gasteiger partial charge in [0.15, 0.2) is 11.5 Å². The second-order valence-electron chi connectivity index (χ2n) is 15.0. The molecule has 1 aliphatic rings. The van der Waals surface area contributed by atoms with Crippen LogP contribution in [-0.2, 0) is 37.3 Å². The van der Waals surface area contributed by atoms with Crippen LogP contribution < -0.4 is 19.2 Å². The molecule has 5 atom stereocenters. The van der Waals surface area contributed by atoms with Gasteiger partial charge in [-0.3, -0.25) is 14.1 Å². The topological polar surface area (TPSA) is 133 Å². The summed E-state index contributed by atoms with van der Waals surface area (Å²) in [4.78, 5) is 0. The van der Waals surface area contributed by atoms with Gasteiger partial charge in [0.1, 0.15) is 5.75 Å². The number of benzene rings is 3. The van der Waals surface area contributed by atoms with Gasteiger partial charge < -0.3 is 18.4 Å². The number of hydrazine groups is 1. The fourth-order valence-corrected chi connectivity index (χ4v) is 15.5. The Morgan fingerprint density at radius 3 is 1.75 bits per heavy atom. The number of hydrogen-bond acceptors (Lipinski definition) is 15. The first-order valence-electron chi connectivity index (χ1n) is 19.2. The Hall–Kier alpha value is -2.63. The number of thiol groups is 1. The second kappa shape index (κ2) is 24.4. The third-order valence-electron chi connectivity index (χ3n) is 9.22. The minimum Gasteiger partial charge on any atom is -0.497 e. The summed E-state index contributed by atoms with van der Waals surface area (Å²) in [5, 5.41) is 14.7. The van der Waals surface area contributed by atoms with Crippen molar-refractivity contribution in [3.63, 3.8) is 0 Å². The lowest BCUT2D eigenvalue weighted by molar-refractivity contribution is 0.227. The van der Waals surface area contributed by atoms with E-state index in [4.69, 9.17) is 41.9 Å². The van der Waals surface area contributed by atoms with E-state index in [0.29, 0.717) is 24.0 Å². The van der Waals surface area contributed by atoms with Gasteiger partial charge in [-0.05, 0) is 140 Å². The molecular formula is C39H57N8O6P5S3+2. The first-order valence-corrected chi connectivity index (χ1v) is 31.3. The molecule has 0 saturated carbocycles. The van der Waals surface area contributed by atoms with Gasteiger partial charge in [-0.1, -0.05) is 29.2 Å². The summed E-state index contributed by atoms with van der Waals surface area (Å²) >= 11 is 16.0. The average Bonchev–Trinajstić information content (AvgIpc) is 3.22. The van der Waals surface area contributed by atoms with Gasteiger partial charge in [0.25, 0.3) is 0 Å². The average molecular weight is 985 g/mol. The van der Waals surface area contributed by atoms with Crippen molar-refractivity contribution in [1.29, 1.82) is 0 Å². The Labute approximate surface area is 380 Å². The van der Waals surface area contributed by atoms with Crippen molar-refractivity contribution in [1.82, 2.24) is 24.8 Å². The van der Waals surface area contributed by atoms with E-state index < -0.39 is 41.3 Å². The van der Waals surface area contributed by atoms with Crippen LogP contribution in [0.2, 0.25) is 0 Å². The summed E-state index contributed by atoms with van der Waals surface area (Å²) in [6.07, 6.45) is 11.3. The van der Waals surface area contributed by atoms with Crippen molar-refractivity contribution in [2.75, 3.05) is 75.0 Å². The molecular weight excluding hydrogens is 928 g/mol. The zero-order chi connectivity index (χ0) is 44.7. The van der Waals surface area contributed by atoms with Crippen molar-refractivity contribution in [2.45, 2.75) is 24.3 Å². The molecule has 0 aliphatic heterocycles. The standard InChI is InChI=1S/C39H57N8O6P5S3/c1-44(30-39(57(6,7)48)58(8,9)49)40-26-31-12-20-36(21-13-31)51-55(60)46(3)42-28-33-16-24-38(25-17-33)53-56(61)47(4)43-29-34-14-22-37(23-15-34)52-54(59)45(2)41-27-32-10-18-35(50-5)19-11-32/h10-14,16-22,24-28,34,37,39,43,59H,15,23,29-30H2,1-9H3/q+2/b40-26-,41-27-,42-28-. The third-order valence-corrected chi connectivity index (χ3v) is 21.7. The molecule has 14 nitrogen and oxygen atoms in total. The summed E-state index contributed by atoms with van der Waals surface area (Å²) < 4.78 is 54.2. The van der Waals surface area contributed by atoms with E-state index in [0.717, 1.165) is 41.8 Å². The first-order chi connectivity index (χ1) is 28.8. The predicted molar refractivity (Wildman–Crippen MR) is 268 cm³/mol. The molecule has 0 radical (unpaired) electrons. The largest absolute Gasteiger partial charge is 0.540 e. The fraction of sp³-hybridized carbons (Fsp3) is 0.410. The van der Waals surface area contributed by atoms with Crippen molar-refractivity contribution < 1.29 is 27.4 Å². The molecule has 0 bridgehead atoms. The Bertz CT molecular complexity index is 2100. The zero-order valence-corrected chi connectivity index (χ0v) is 43.0. The quantitative estimate of drug-likeness (QED) is 0.0308. The van der Waals surface area contributed by atoms with Crippen molar-refractivity contribution >= 4 is 90.4 Å². The summed E-state index contributed by atoms with van der Waals surface area (Å²) in [6.45, 7) is 7.81. The van der Waals surface area contributed by atoms with E-state index in [1.165, 1.54) is 0 Å². The maximum Gasteiger partial charge on any atom is 0.540 e. The van der Waals surface area contributed by atoms with E-state index >= 15 is 0 Å². The van der Waals surface area contributed by atoms with Crippen molar-refractivity contribution in [3.8, 4) is 17.2 Å². The molecule has 4 rings (SSSR count). The Morgan fingerprint density at radius 2 is 1.26 bits per heavy atom. The number of nitrogens with one attached hydrogen (secondary N) is 1. The van der Waals surface area contributed by atoms with Crippen LogP contribution in [0.15, 0.2) is 100 Å². The number of ether oxygens (including phenoxy) is 1. The molecule has 0 saturated heterocycles. The molecule has 5 unspecified atom stereocenters.